The molecule has 1 aliphatic heterocycles. The summed E-state index contributed by atoms with van der Waals surface area (Å²) in [6.07, 6.45) is -5.95. The Morgan fingerprint density at radius 1 is 1.13 bits per heavy atom. The predicted octanol–water partition coefficient (Wildman–Crippen LogP) is 3.80. The normalized spacial score (nSPS) is 35.4. The number of hydrogen-bond acceptors (Lipinski definition) is 5. The molecule has 0 spiro atoms. The maximum Gasteiger partial charge on any atom is 0.417 e. The molecule has 2 N–H and O–H groups in total. The number of carbonyl (C=O) groups is 2. The fourth-order valence-corrected chi connectivity index (χ4v) is 7.57. The van der Waals surface area contributed by atoms with Gasteiger partial charge in [0.2, 0.25) is 5.91 Å². The first-order chi connectivity index (χ1) is 17.7. The highest BCUT2D eigenvalue weighted by atomic mass is 19.4. The summed E-state index contributed by atoms with van der Waals surface area (Å²) in [4.78, 5) is 31.2. The SMILES string of the molecule is CC1C2CC3CC(CC1(C(=O)O)C3)C2NC(=O)CN1CCN(c2ccc(C(F)(F)F)cn2)CC1C(F)(F)F. The van der Waals surface area contributed by atoms with Gasteiger partial charge in [0.25, 0.3) is 0 Å². The molecule has 4 saturated carbocycles. The van der Waals surface area contributed by atoms with Crippen LogP contribution in [0.15, 0.2) is 18.3 Å². The highest BCUT2D eigenvalue weighted by Gasteiger charge is 2.63. The molecule has 1 aromatic heterocycles. The molecule has 210 valence electrons. The van der Waals surface area contributed by atoms with Crippen molar-refractivity contribution in [3.8, 4) is 0 Å². The van der Waals surface area contributed by atoms with E-state index in [1.807, 2.05) is 6.92 Å². The molecule has 1 aromatic rings. The Morgan fingerprint density at radius 2 is 1.87 bits per heavy atom. The summed E-state index contributed by atoms with van der Waals surface area (Å²) in [5.74, 6) is -1.21. The molecule has 1 amide bonds. The minimum atomic E-state index is -4.67. The van der Waals surface area contributed by atoms with Crippen LogP contribution in [-0.4, -0.2) is 71.3 Å². The first-order valence-electron chi connectivity index (χ1n) is 12.8. The Labute approximate surface area is 215 Å². The average Bonchev–Trinajstić information content (AvgIpc) is 2.83. The van der Waals surface area contributed by atoms with Gasteiger partial charge in [-0.05, 0) is 61.5 Å². The zero-order chi connectivity index (χ0) is 27.6. The van der Waals surface area contributed by atoms with Crippen molar-refractivity contribution in [2.24, 2.45) is 29.1 Å². The third kappa shape index (κ3) is 4.71. The van der Waals surface area contributed by atoms with E-state index in [1.165, 1.54) is 4.90 Å². The molecule has 1 saturated heterocycles. The number of anilines is 1. The number of alkyl halides is 6. The molecule has 7 nitrogen and oxygen atoms in total. The minimum Gasteiger partial charge on any atom is -0.481 e. The van der Waals surface area contributed by atoms with Crippen molar-refractivity contribution in [2.45, 2.75) is 57.0 Å². The molecule has 0 radical (unpaired) electrons. The van der Waals surface area contributed by atoms with Gasteiger partial charge in [0.05, 0.1) is 17.5 Å². The van der Waals surface area contributed by atoms with Crippen molar-refractivity contribution in [2.75, 3.05) is 31.1 Å². The number of halogens is 6. The second kappa shape index (κ2) is 9.27. The lowest BCUT2D eigenvalue weighted by Crippen LogP contribution is -2.66. The number of nitrogens with one attached hydrogen (secondary N) is 1. The summed E-state index contributed by atoms with van der Waals surface area (Å²) >= 11 is 0. The Hall–Kier alpha value is -2.57. The van der Waals surface area contributed by atoms with Crippen LogP contribution in [0.25, 0.3) is 0 Å². The Bertz CT molecular complexity index is 1080. The summed E-state index contributed by atoms with van der Waals surface area (Å²) in [5, 5.41) is 12.9. The minimum absolute atomic E-state index is 0.00583. The van der Waals surface area contributed by atoms with Crippen LogP contribution in [0.2, 0.25) is 0 Å². The third-order valence-electron chi connectivity index (χ3n) is 9.37. The number of carboxylic acid groups (broad SMARTS) is 1. The number of amides is 1. The van der Waals surface area contributed by atoms with Crippen molar-refractivity contribution in [1.82, 2.24) is 15.2 Å². The number of rotatable bonds is 5. The van der Waals surface area contributed by atoms with Gasteiger partial charge >= 0.3 is 18.3 Å². The van der Waals surface area contributed by atoms with E-state index in [-0.39, 0.29) is 42.7 Å². The van der Waals surface area contributed by atoms with Gasteiger partial charge in [-0.2, -0.15) is 26.3 Å². The topological polar surface area (TPSA) is 85.8 Å². The van der Waals surface area contributed by atoms with Crippen molar-refractivity contribution in [3.05, 3.63) is 23.9 Å². The van der Waals surface area contributed by atoms with Crippen LogP contribution in [0.4, 0.5) is 32.2 Å². The van der Waals surface area contributed by atoms with Crippen LogP contribution < -0.4 is 10.2 Å². The highest BCUT2D eigenvalue weighted by Crippen LogP contribution is 2.62. The second-order valence-corrected chi connectivity index (χ2v) is 11.4. The summed E-state index contributed by atoms with van der Waals surface area (Å²) in [6, 6.07) is -0.427. The molecule has 4 bridgehead atoms. The Balaban J connectivity index is 1.25. The molecule has 38 heavy (non-hydrogen) atoms. The molecule has 6 rings (SSSR count). The zero-order valence-electron chi connectivity index (χ0n) is 20.7. The van der Waals surface area contributed by atoms with Gasteiger partial charge in [-0.1, -0.05) is 6.92 Å². The maximum atomic E-state index is 14.0. The number of carbonyl (C=O) groups excluding carboxylic acids is 1. The summed E-state index contributed by atoms with van der Waals surface area (Å²) in [5.41, 5.74) is -1.78. The van der Waals surface area contributed by atoms with Crippen molar-refractivity contribution in [3.63, 3.8) is 0 Å². The van der Waals surface area contributed by atoms with Gasteiger partial charge in [-0.3, -0.25) is 14.5 Å². The van der Waals surface area contributed by atoms with Crippen LogP contribution in [-0.2, 0) is 15.8 Å². The molecule has 7 atom stereocenters. The number of hydrogen-bond donors (Lipinski definition) is 2. The van der Waals surface area contributed by atoms with E-state index in [0.717, 1.165) is 29.9 Å². The fourth-order valence-electron chi connectivity index (χ4n) is 7.57. The Kier molecular flexibility index (Phi) is 6.59. The molecule has 7 unspecified atom stereocenters. The van der Waals surface area contributed by atoms with Gasteiger partial charge in [0, 0.05) is 31.9 Å². The molecule has 5 aliphatic rings. The highest BCUT2D eigenvalue weighted by molar-refractivity contribution is 5.79. The largest absolute Gasteiger partial charge is 0.481 e. The summed E-state index contributed by atoms with van der Waals surface area (Å²) in [7, 11) is 0. The number of aromatic nitrogens is 1. The number of pyridine rings is 1. The first kappa shape index (κ1) is 27.0. The van der Waals surface area contributed by atoms with E-state index < -0.39 is 54.3 Å². The van der Waals surface area contributed by atoms with Crippen LogP contribution in [0.1, 0.15) is 38.2 Å². The summed E-state index contributed by atoms with van der Waals surface area (Å²) in [6.45, 7) is 0.801. The molecule has 2 heterocycles. The van der Waals surface area contributed by atoms with Gasteiger partial charge < -0.3 is 15.3 Å². The van der Waals surface area contributed by atoms with Crippen molar-refractivity contribution >= 4 is 17.7 Å². The molecular weight excluding hydrogens is 518 g/mol. The summed E-state index contributed by atoms with van der Waals surface area (Å²) < 4.78 is 80.4. The average molecular weight is 549 g/mol. The molecule has 4 aliphatic carbocycles. The molecule has 5 fully saturated rings. The smallest absolute Gasteiger partial charge is 0.417 e. The quantitative estimate of drug-likeness (QED) is 0.545. The lowest BCUT2D eigenvalue weighted by molar-refractivity contribution is -0.186. The van der Waals surface area contributed by atoms with Crippen LogP contribution in [0.5, 0.6) is 0 Å². The van der Waals surface area contributed by atoms with Crippen LogP contribution in [0.3, 0.4) is 0 Å². The van der Waals surface area contributed by atoms with Crippen molar-refractivity contribution < 1.29 is 41.0 Å². The lowest BCUT2D eigenvalue weighted by atomic mass is 9.44. The predicted molar refractivity (Wildman–Crippen MR) is 123 cm³/mol. The second-order valence-electron chi connectivity index (χ2n) is 11.4. The molecule has 0 aromatic carbocycles. The van der Waals surface area contributed by atoms with Crippen LogP contribution >= 0.6 is 0 Å². The van der Waals surface area contributed by atoms with E-state index in [0.29, 0.717) is 25.0 Å². The van der Waals surface area contributed by atoms with Gasteiger partial charge in [0.15, 0.2) is 0 Å². The monoisotopic (exact) mass is 548 g/mol. The van der Waals surface area contributed by atoms with Crippen LogP contribution in [0, 0.1) is 29.1 Å². The first-order valence-corrected chi connectivity index (χ1v) is 12.8. The van der Waals surface area contributed by atoms with Crippen molar-refractivity contribution in [1.29, 1.82) is 0 Å². The lowest BCUT2D eigenvalue weighted by Gasteiger charge is -2.61. The zero-order valence-corrected chi connectivity index (χ0v) is 20.7. The van der Waals surface area contributed by atoms with E-state index in [4.69, 9.17) is 0 Å². The van der Waals surface area contributed by atoms with E-state index in [9.17, 15) is 41.0 Å². The third-order valence-corrected chi connectivity index (χ3v) is 9.37. The number of aliphatic carboxylic acids is 1. The number of carboxylic acids is 1. The van der Waals surface area contributed by atoms with E-state index in [2.05, 4.69) is 10.3 Å². The number of piperazine rings is 1. The standard InChI is InChI=1S/C25H30F6N4O3/c1-13-17-7-14-6-15(9-23(13,8-14)22(37)38)21(17)33-20(36)12-34-4-5-35(11-18(34)25(29,30)31)19-3-2-16(10-32-19)24(26,27)28/h2-3,10,13-15,17-18,21H,4-9,11-12H2,1H3,(H,33,36)(H,37,38). The maximum absolute atomic E-state index is 14.0. The van der Waals surface area contributed by atoms with E-state index >= 15 is 0 Å². The van der Waals surface area contributed by atoms with Gasteiger partial charge in [0.1, 0.15) is 11.9 Å². The van der Waals surface area contributed by atoms with Gasteiger partial charge in [-0.25, -0.2) is 4.98 Å². The molecular formula is C25H30F6N4O3. The fraction of sp³-hybridized carbons (Fsp3) is 0.720. The Morgan fingerprint density at radius 3 is 2.47 bits per heavy atom. The number of nitrogens with zero attached hydrogens (tertiary/aromatic N) is 3. The molecule has 13 heteroatoms. The van der Waals surface area contributed by atoms with E-state index in [1.54, 1.807) is 0 Å². The van der Waals surface area contributed by atoms with Gasteiger partial charge in [-0.15, -0.1) is 0 Å².